The molecule has 1 N–H and O–H groups in total. The van der Waals surface area contributed by atoms with E-state index < -0.39 is 0 Å². The molecule has 7 nitrogen and oxygen atoms in total. The van der Waals surface area contributed by atoms with Crippen LogP contribution in [0.1, 0.15) is 32.1 Å². The van der Waals surface area contributed by atoms with E-state index in [1.165, 1.54) is 19.1 Å². The van der Waals surface area contributed by atoms with Crippen LogP contribution in [-0.2, 0) is 14.4 Å². The van der Waals surface area contributed by atoms with Crippen LogP contribution in [0.4, 0.5) is 5.69 Å². The van der Waals surface area contributed by atoms with Gasteiger partial charge in [-0.3, -0.25) is 19.3 Å². The molecule has 0 aromatic heterocycles. The van der Waals surface area contributed by atoms with Crippen LogP contribution in [0.15, 0.2) is 12.1 Å². The minimum Gasteiger partial charge on any atom is -0.495 e. The average molecular weight is 395 g/mol. The predicted octanol–water partition coefficient (Wildman–Crippen LogP) is 2.86. The monoisotopic (exact) mass is 394 g/mol. The van der Waals surface area contributed by atoms with E-state index in [2.05, 4.69) is 5.32 Å². The number of fused-ring (bicyclic) bond motifs is 1. The van der Waals surface area contributed by atoms with Crippen molar-refractivity contribution in [3.05, 3.63) is 17.2 Å². The highest BCUT2D eigenvalue weighted by atomic mass is 35.5. The summed E-state index contributed by atoms with van der Waals surface area (Å²) in [6.45, 7) is 0.0868. The van der Waals surface area contributed by atoms with E-state index in [1.54, 1.807) is 12.1 Å². The first kappa shape index (κ1) is 19.5. The number of methoxy groups -OCH3 is 2. The van der Waals surface area contributed by atoms with Crippen molar-refractivity contribution in [2.75, 3.05) is 26.1 Å². The van der Waals surface area contributed by atoms with Gasteiger partial charge in [-0.05, 0) is 12.8 Å². The van der Waals surface area contributed by atoms with Crippen LogP contribution in [0.5, 0.6) is 11.5 Å². The Morgan fingerprint density at radius 3 is 2.26 bits per heavy atom. The third-order valence-corrected chi connectivity index (χ3v) is 5.54. The number of anilines is 1. The van der Waals surface area contributed by atoms with Gasteiger partial charge in [-0.2, -0.15) is 0 Å². The number of nitrogens with one attached hydrogen (secondary N) is 1. The largest absolute Gasteiger partial charge is 0.495 e. The van der Waals surface area contributed by atoms with Crippen molar-refractivity contribution >= 4 is 35.0 Å². The summed E-state index contributed by atoms with van der Waals surface area (Å²) < 4.78 is 10.4. The number of halogens is 1. The average Bonchev–Trinajstić information content (AvgIpc) is 2.92. The van der Waals surface area contributed by atoms with Crippen molar-refractivity contribution in [1.82, 2.24) is 4.90 Å². The van der Waals surface area contributed by atoms with Crippen LogP contribution in [0.25, 0.3) is 0 Å². The van der Waals surface area contributed by atoms with E-state index in [1.807, 2.05) is 0 Å². The maximum absolute atomic E-state index is 12.5. The smallest absolute Gasteiger partial charge is 0.233 e. The first-order chi connectivity index (χ1) is 13.0. The number of imide groups is 1. The Bertz CT molecular complexity index is 743. The first-order valence-corrected chi connectivity index (χ1v) is 9.40. The SMILES string of the molecule is COc1cc(NC(=O)CCN2C(=O)[C@@H]3CCCC[C@H]3C2=O)c(OC)cc1Cl. The maximum Gasteiger partial charge on any atom is 0.233 e. The van der Waals surface area contributed by atoms with Gasteiger partial charge in [0.1, 0.15) is 11.5 Å². The zero-order chi connectivity index (χ0) is 19.6. The fourth-order valence-electron chi connectivity index (χ4n) is 3.84. The molecular formula is C19H23ClN2O5. The summed E-state index contributed by atoms with van der Waals surface area (Å²) in [5.41, 5.74) is 0.413. The molecule has 2 atom stereocenters. The molecule has 1 aliphatic carbocycles. The molecule has 0 bridgehead atoms. The van der Waals surface area contributed by atoms with Crippen molar-refractivity contribution in [1.29, 1.82) is 0 Å². The van der Waals surface area contributed by atoms with E-state index in [-0.39, 0.29) is 42.5 Å². The van der Waals surface area contributed by atoms with Crippen molar-refractivity contribution in [3.8, 4) is 11.5 Å². The van der Waals surface area contributed by atoms with Crippen molar-refractivity contribution < 1.29 is 23.9 Å². The second-order valence-corrected chi connectivity index (χ2v) is 7.22. The van der Waals surface area contributed by atoms with E-state index in [0.717, 1.165) is 25.7 Å². The van der Waals surface area contributed by atoms with Crippen LogP contribution in [-0.4, -0.2) is 43.4 Å². The van der Waals surface area contributed by atoms with Gasteiger partial charge in [-0.15, -0.1) is 0 Å². The zero-order valence-corrected chi connectivity index (χ0v) is 16.2. The summed E-state index contributed by atoms with van der Waals surface area (Å²) in [4.78, 5) is 38.5. The fraction of sp³-hybridized carbons (Fsp3) is 0.526. The Morgan fingerprint density at radius 2 is 1.70 bits per heavy atom. The molecule has 1 saturated heterocycles. The molecule has 146 valence electrons. The minimum absolute atomic E-state index is 0.0189. The quantitative estimate of drug-likeness (QED) is 0.750. The molecule has 1 aromatic rings. The van der Waals surface area contributed by atoms with E-state index in [0.29, 0.717) is 22.2 Å². The van der Waals surface area contributed by atoms with Gasteiger partial charge in [0.25, 0.3) is 0 Å². The predicted molar refractivity (Wildman–Crippen MR) is 100.0 cm³/mol. The van der Waals surface area contributed by atoms with Crippen molar-refractivity contribution in [2.45, 2.75) is 32.1 Å². The number of amides is 3. The number of carbonyl (C=O) groups excluding carboxylic acids is 3. The third kappa shape index (κ3) is 3.88. The van der Waals surface area contributed by atoms with E-state index in [4.69, 9.17) is 21.1 Å². The summed E-state index contributed by atoms with van der Waals surface area (Å²) in [7, 11) is 2.94. The number of ether oxygens (including phenoxy) is 2. The second kappa shape index (κ2) is 8.17. The molecular weight excluding hydrogens is 372 g/mol. The molecule has 0 radical (unpaired) electrons. The van der Waals surface area contributed by atoms with E-state index >= 15 is 0 Å². The maximum atomic E-state index is 12.5. The molecule has 1 saturated carbocycles. The minimum atomic E-state index is -0.326. The highest BCUT2D eigenvalue weighted by Crippen LogP contribution is 2.38. The number of benzene rings is 1. The number of hydrogen-bond acceptors (Lipinski definition) is 5. The molecule has 8 heteroatoms. The number of rotatable bonds is 6. The van der Waals surface area contributed by atoms with Crippen LogP contribution in [0.3, 0.4) is 0 Å². The van der Waals surface area contributed by atoms with Crippen molar-refractivity contribution in [3.63, 3.8) is 0 Å². The molecule has 2 aliphatic rings. The van der Waals surface area contributed by atoms with Crippen LogP contribution in [0.2, 0.25) is 5.02 Å². The molecule has 1 heterocycles. The van der Waals surface area contributed by atoms with Crippen LogP contribution >= 0.6 is 11.6 Å². The van der Waals surface area contributed by atoms with Gasteiger partial charge >= 0.3 is 0 Å². The van der Waals surface area contributed by atoms with Crippen LogP contribution in [0, 0.1) is 11.8 Å². The zero-order valence-electron chi connectivity index (χ0n) is 15.4. The van der Waals surface area contributed by atoms with Gasteiger partial charge in [0.15, 0.2) is 0 Å². The fourth-order valence-corrected chi connectivity index (χ4v) is 4.07. The van der Waals surface area contributed by atoms with Crippen molar-refractivity contribution in [2.24, 2.45) is 11.8 Å². The molecule has 2 fully saturated rings. The van der Waals surface area contributed by atoms with Crippen LogP contribution < -0.4 is 14.8 Å². The van der Waals surface area contributed by atoms with Gasteiger partial charge in [-0.25, -0.2) is 0 Å². The second-order valence-electron chi connectivity index (χ2n) is 6.81. The number of hydrogen-bond donors (Lipinski definition) is 1. The molecule has 1 aliphatic heterocycles. The normalized spacial score (nSPS) is 21.8. The summed E-state index contributed by atoms with van der Waals surface area (Å²) >= 11 is 6.06. The topological polar surface area (TPSA) is 84.9 Å². The first-order valence-electron chi connectivity index (χ1n) is 9.02. The number of nitrogens with zero attached hydrogens (tertiary/aromatic N) is 1. The highest BCUT2D eigenvalue weighted by Gasteiger charge is 2.47. The van der Waals surface area contributed by atoms with Gasteiger partial charge in [0.05, 0.1) is 36.8 Å². The van der Waals surface area contributed by atoms with Gasteiger partial charge in [-0.1, -0.05) is 24.4 Å². The molecule has 0 spiro atoms. The number of carbonyl (C=O) groups is 3. The van der Waals surface area contributed by atoms with E-state index in [9.17, 15) is 14.4 Å². The summed E-state index contributed by atoms with van der Waals surface area (Å²) in [6.07, 6.45) is 3.50. The highest BCUT2D eigenvalue weighted by molar-refractivity contribution is 6.32. The molecule has 27 heavy (non-hydrogen) atoms. The molecule has 3 rings (SSSR count). The standard InChI is InChI=1S/C19H23ClN2O5/c1-26-15-10-14(16(27-2)9-13(15)20)21-17(23)7-8-22-18(24)11-5-3-4-6-12(11)19(22)25/h9-12H,3-8H2,1-2H3,(H,21,23)/t11-,12-/m1/s1. The summed E-state index contributed by atoms with van der Waals surface area (Å²) in [5.74, 6) is -0.195. The lowest BCUT2D eigenvalue weighted by Gasteiger charge is -2.19. The summed E-state index contributed by atoms with van der Waals surface area (Å²) in [5, 5.41) is 3.09. The van der Waals surface area contributed by atoms with Gasteiger partial charge in [0, 0.05) is 25.1 Å². The third-order valence-electron chi connectivity index (χ3n) is 5.24. The number of likely N-dealkylation sites (tertiary alicyclic amines) is 1. The Kier molecular flexibility index (Phi) is 5.89. The van der Waals surface area contributed by atoms with Gasteiger partial charge < -0.3 is 14.8 Å². The molecule has 0 unspecified atom stereocenters. The lowest BCUT2D eigenvalue weighted by molar-refractivity contribution is -0.140. The Morgan fingerprint density at radius 1 is 1.11 bits per heavy atom. The Balaban J connectivity index is 1.63. The summed E-state index contributed by atoms with van der Waals surface area (Å²) in [6, 6.07) is 3.12. The molecule has 3 amide bonds. The van der Waals surface area contributed by atoms with Gasteiger partial charge in [0.2, 0.25) is 17.7 Å². The lowest BCUT2D eigenvalue weighted by atomic mass is 9.81. The lowest BCUT2D eigenvalue weighted by Crippen LogP contribution is -2.34. The Hall–Kier alpha value is -2.28. The Labute approximate surface area is 162 Å². The molecule has 1 aromatic carbocycles.